The molecule has 0 saturated heterocycles. The number of hydrogen-bond donors (Lipinski definition) is 0. The maximum atomic E-state index is 12.0. The topological polar surface area (TPSA) is 53.3 Å². The molecule has 1 saturated carbocycles. The second-order valence-corrected chi connectivity index (χ2v) is 4.91. The first-order valence-corrected chi connectivity index (χ1v) is 6.63. The minimum absolute atomic E-state index is 0.0116. The third-order valence-corrected chi connectivity index (χ3v) is 3.17. The van der Waals surface area contributed by atoms with Gasteiger partial charge in [0.2, 0.25) is 0 Å². The fourth-order valence-corrected chi connectivity index (χ4v) is 2.03. The molecule has 0 aliphatic heterocycles. The number of hydrogen-bond acceptors (Lipinski definition) is 3. The normalized spacial score (nSPS) is 13.7. The van der Waals surface area contributed by atoms with Crippen molar-refractivity contribution in [3.05, 3.63) is 29.3 Å². The summed E-state index contributed by atoms with van der Waals surface area (Å²) in [7, 11) is 0. The molecule has 1 amide bonds. The van der Waals surface area contributed by atoms with Crippen LogP contribution in [0.3, 0.4) is 0 Å². The van der Waals surface area contributed by atoms with Crippen molar-refractivity contribution < 1.29 is 9.53 Å². The van der Waals surface area contributed by atoms with Crippen LogP contribution < -0.4 is 4.74 Å². The van der Waals surface area contributed by atoms with Crippen LogP contribution in [0.5, 0.6) is 5.75 Å². The lowest BCUT2D eigenvalue weighted by Crippen LogP contribution is -2.37. The van der Waals surface area contributed by atoms with Gasteiger partial charge in [-0.05, 0) is 31.0 Å². The van der Waals surface area contributed by atoms with Gasteiger partial charge in [-0.2, -0.15) is 5.26 Å². The van der Waals surface area contributed by atoms with E-state index in [1.165, 1.54) is 0 Å². The van der Waals surface area contributed by atoms with Crippen LogP contribution in [0.4, 0.5) is 0 Å². The minimum Gasteiger partial charge on any atom is -0.484 e. The Morgan fingerprint density at radius 1 is 1.53 bits per heavy atom. The summed E-state index contributed by atoms with van der Waals surface area (Å²) in [6.45, 7) is 0.473. The number of nitriles is 1. The van der Waals surface area contributed by atoms with Gasteiger partial charge in [-0.1, -0.05) is 17.7 Å². The van der Waals surface area contributed by atoms with E-state index in [2.05, 4.69) is 6.07 Å². The Hall–Kier alpha value is -1.73. The molecule has 0 unspecified atom stereocenters. The number of carbonyl (C=O) groups is 1. The molecule has 19 heavy (non-hydrogen) atoms. The summed E-state index contributed by atoms with van der Waals surface area (Å²) in [4.78, 5) is 13.8. The van der Waals surface area contributed by atoms with E-state index in [0.717, 1.165) is 12.8 Å². The maximum absolute atomic E-state index is 12.0. The molecule has 0 aromatic heterocycles. The van der Waals surface area contributed by atoms with Gasteiger partial charge in [-0.25, -0.2) is 0 Å². The van der Waals surface area contributed by atoms with Gasteiger partial charge in [-0.3, -0.25) is 4.79 Å². The Balaban J connectivity index is 1.87. The molecule has 0 radical (unpaired) electrons. The average Bonchev–Trinajstić information content (AvgIpc) is 3.21. The third-order valence-electron chi connectivity index (χ3n) is 2.93. The van der Waals surface area contributed by atoms with Crippen LogP contribution in [-0.4, -0.2) is 30.0 Å². The molecule has 0 heterocycles. The Kier molecular flexibility index (Phi) is 4.64. The molecular weight excluding hydrogens is 264 g/mol. The van der Waals surface area contributed by atoms with E-state index in [1.54, 1.807) is 29.2 Å². The van der Waals surface area contributed by atoms with Gasteiger partial charge >= 0.3 is 0 Å². The van der Waals surface area contributed by atoms with E-state index in [9.17, 15) is 4.79 Å². The molecular formula is C14H15ClN2O2. The van der Waals surface area contributed by atoms with Gasteiger partial charge < -0.3 is 9.64 Å². The number of halogens is 1. The van der Waals surface area contributed by atoms with Crippen molar-refractivity contribution >= 4 is 17.5 Å². The summed E-state index contributed by atoms with van der Waals surface area (Å²) in [6.07, 6.45) is 2.40. The van der Waals surface area contributed by atoms with Crippen molar-refractivity contribution in [2.45, 2.75) is 25.3 Å². The molecule has 0 atom stereocenters. The Morgan fingerprint density at radius 2 is 2.32 bits per heavy atom. The van der Waals surface area contributed by atoms with Crippen LogP contribution in [0, 0.1) is 11.3 Å². The zero-order valence-electron chi connectivity index (χ0n) is 10.5. The van der Waals surface area contributed by atoms with Gasteiger partial charge in [0.05, 0.1) is 12.5 Å². The Morgan fingerprint density at radius 3 is 2.95 bits per heavy atom. The maximum Gasteiger partial charge on any atom is 0.260 e. The molecule has 4 nitrogen and oxygen atoms in total. The smallest absolute Gasteiger partial charge is 0.260 e. The predicted molar refractivity (Wildman–Crippen MR) is 71.9 cm³/mol. The summed E-state index contributed by atoms with van der Waals surface area (Å²) in [6, 6.07) is 9.32. The molecule has 1 aliphatic carbocycles. The van der Waals surface area contributed by atoms with E-state index < -0.39 is 0 Å². The van der Waals surface area contributed by atoms with Crippen LogP contribution in [0.15, 0.2) is 24.3 Å². The van der Waals surface area contributed by atoms with Crippen molar-refractivity contribution in [3.63, 3.8) is 0 Å². The average molecular weight is 279 g/mol. The van der Waals surface area contributed by atoms with E-state index in [1.807, 2.05) is 0 Å². The largest absolute Gasteiger partial charge is 0.484 e. The molecule has 0 bridgehead atoms. The summed E-state index contributed by atoms with van der Waals surface area (Å²) < 4.78 is 5.43. The molecule has 0 spiro atoms. The van der Waals surface area contributed by atoms with Gasteiger partial charge in [0.1, 0.15) is 5.75 Å². The Labute approximate surface area is 117 Å². The molecule has 1 aromatic carbocycles. The molecule has 5 heteroatoms. The zero-order chi connectivity index (χ0) is 13.7. The molecule has 1 aliphatic rings. The van der Waals surface area contributed by atoms with E-state index >= 15 is 0 Å². The second-order valence-electron chi connectivity index (χ2n) is 4.47. The fraction of sp³-hybridized carbons (Fsp3) is 0.429. The standard InChI is InChI=1S/C14H15ClN2O2/c15-11-3-1-4-13(9-11)19-10-14(18)17(8-2-7-16)12-5-6-12/h1,3-4,9,12H,2,5-6,8,10H2. The van der Waals surface area contributed by atoms with Crippen LogP contribution >= 0.6 is 11.6 Å². The van der Waals surface area contributed by atoms with Crippen LogP contribution in [0.2, 0.25) is 5.02 Å². The second kappa shape index (κ2) is 6.44. The summed E-state index contributed by atoms with van der Waals surface area (Å²) in [5.74, 6) is 0.509. The highest BCUT2D eigenvalue weighted by Crippen LogP contribution is 2.27. The van der Waals surface area contributed by atoms with Crippen LogP contribution in [0.25, 0.3) is 0 Å². The van der Waals surface area contributed by atoms with E-state index in [0.29, 0.717) is 29.8 Å². The lowest BCUT2D eigenvalue weighted by atomic mass is 10.3. The number of amides is 1. The lowest BCUT2D eigenvalue weighted by Gasteiger charge is -2.21. The fourth-order valence-electron chi connectivity index (χ4n) is 1.85. The zero-order valence-corrected chi connectivity index (χ0v) is 11.3. The number of nitrogens with zero attached hydrogens (tertiary/aromatic N) is 2. The van der Waals surface area contributed by atoms with Gasteiger partial charge in [0, 0.05) is 17.6 Å². The van der Waals surface area contributed by atoms with Crippen molar-refractivity contribution in [1.82, 2.24) is 4.90 Å². The summed E-state index contributed by atoms with van der Waals surface area (Å²) in [5, 5.41) is 9.18. The first-order chi connectivity index (χ1) is 9.20. The SMILES string of the molecule is N#CCCN(C(=O)COc1cccc(Cl)c1)C1CC1. The lowest BCUT2D eigenvalue weighted by molar-refractivity contribution is -0.133. The van der Waals surface area contributed by atoms with E-state index in [4.69, 9.17) is 21.6 Å². The summed E-state index contributed by atoms with van der Waals surface area (Å²) in [5.41, 5.74) is 0. The van der Waals surface area contributed by atoms with Crippen molar-refractivity contribution in [1.29, 1.82) is 5.26 Å². The van der Waals surface area contributed by atoms with Gasteiger partial charge in [0.25, 0.3) is 5.91 Å². The molecule has 2 rings (SSSR count). The quantitative estimate of drug-likeness (QED) is 0.804. The third kappa shape index (κ3) is 4.15. The molecule has 1 fully saturated rings. The molecule has 0 N–H and O–H groups in total. The highest BCUT2D eigenvalue weighted by Gasteiger charge is 2.32. The number of benzene rings is 1. The Bertz CT molecular complexity index is 494. The van der Waals surface area contributed by atoms with Crippen LogP contribution in [0.1, 0.15) is 19.3 Å². The molecule has 100 valence electrons. The van der Waals surface area contributed by atoms with Crippen LogP contribution in [-0.2, 0) is 4.79 Å². The highest BCUT2D eigenvalue weighted by atomic mass is 35.5. The van der Waals surface area contributed by atoms with Crippen molar-refractivity contribution in [2.24, 2.45) is 0 Å². The number of carbonyl (C=O) groups excluding carboxylic acids is 1. The number of ether oxygens (including phenoxy) is 1. The highest BCUT2D eigenvalue weighted by molar-refractivity contribution is 6.30. The summed E-state index contributed by atoms with van der Waals surface area (Å²) >= 11 is 5.84. The van der Waals surface area contributed by atoms with Crippen molar-refractivity contribution in [2.75, 3.05) is 13.2 Å². The minimum atomic E-state index is -0.0716. The van der Waals surface area contributed by atoms with Crippen molar-refractivity contribution in [3.8, 4) is 11.8 Å². The molecule has 1 aromatic rings. The van der Waals surface area contributed by atoms with Gasteiger partial charge in [-0.15, -0.1) is 0 Å². The van der Waals surface area contributed by atoms with Gasteiger partial charge in [0.15, 0.2) is 6.61 Å². The predicted octanol–water partition coefficient (Wildman–Crippen LogP) is 2.62. The monoisotopic (exact) mass is 278 g/mol. The first-order valence-electron chi connectivity index (χ1n) is 6.25. The number of rotatable bonds is 6. The van der Waals surface area contributed by atoms with E-state index in [-0.39, 0.29) is 12.5 Å². The first kappa shape index (κ1) is 13.7.